The number of aromatic nitrogens is 1. The lowest BCUT2D eigenvalue weighted by Gasteiger charge is -2.13. The van der Waals surface area contributed by atoms with Crippen LogP contribution in [0.4, 0.5) is 10.1 Å². The largest absolute Gasteiger partial charge is 0.475 e. The van der Waals surface area contributed by atoms with Crippen LogP contribution in [0.1, 0.15) is 6.92 Å². The fourth-order valence-electron chi connectivity index (χ4n) is 1.49. The van der Waals surface area contributed by atoms with Crippen molar-refractivity contribution >= 4 is 28.9 Å². The highest BCUT2D eigenvalue weighted by atomic mass is 35.5. The van der Waals surface area contributed by atoms with Crippen LogP contribution in [0.2, 0.25) is 10.0 Å². The summed E-state index contributed by atoms with van der Waals surface area (Å²) in [5, 5.41) is -0.0886. The summed E-state index contributed by atoms with van der Waals surface area (Å²) in [7, 11) is 0. The third kappa shape index (κ3) is 2.89. The molecule has 0 saturated carbocycles. The SMILES string of the molecule is CCOc1ncccc1Oc1c(Cl)cc(F)c(N)c1Cl. The molecular formula is C13H11Cl2FN2O2. The van der Waals surface area contributed by atoms with Gasteiger partial charge in [-0.1, -0.05) is 23.2 Å². The highest BCUT2D eigenvalue weighted by Crippen LogP contribution is 2.42. The molecule has 0 aliphatic carbocycles. The third-order valence-electron chi connectivity index (χ3n) is 2.39. The monoisotopic (exact) mass is 316 g/mol. The average Bonchev–Trinajstić information content (AvgIpc) is 2.43. The number of nitrogens with zero attached hydrogens (tertiary/aromatic N) is 1. The van der Waals surface area contributed by atoms with Crippen LogP contribution < -0.4 is 15.2 Å². The second-order valence-corrected chi connectivity index (χ2v) is 4.52. The third-order valence-corrected chi connectivity index (χ3v) is 3.05. The maximum absolute atomic E-state index is 13.4. The molecular weight excluding hydrogens is 306 g/mol. The number of hydrogen-bond acceptors (Lipinski definition) is 4. The van der Waals surface area contributed by atoms with Crippen LogP contribution in [-0.2, 0) is 0 Å². The molecule has 0 amide bonds. The van der Waals surface area contributed by atoms with Gasteiger partial charge >= 0.3 is 0 Å². The number of rotatable bonds is 4. The zero-order valence-corrected chi connectivity index (χ0v) is 12.0. The lowest BCUT2D eigenvalue weighted by atomic mass is 10.3. The zero-order chi connectivity index (χ0) is 14.7. The van der Waals surface area contributed by atoms with E-state index in [4.69, 9.17) is 38.4 Å². The van der Waals surface area contributed by atoms with Crippen molar-refractivity contribution in [3.8, 4) is 17.4 Å². The zero-order valence-electron chi connectivity index (χ0n) is 10.5. The summed E-state index contributed by atoms with van der Waals surface area (Å²) in [5.41, 5.74) is 5.28. The van der Waals surface area contributed by atoms with Crippen LogP contribution in [0.3, 0.4) is 0 Å². The van der Waals surface area contributed by atoms with Crippen LogP contribution in [0.5, 0.6) is 17.4 Å². The van der Waals surface area contributed by atoms with Crippen LogP contribution in [0.25, 0.3) is 0 Å². The van der Waals surface area contributed by atoms with E-state index in [1.165, 1.54) is 0 Å². The number of hydrogen-bond donors (Lipinski definition) is 1. The van der Waals surface area contributed by atoms with Crippen molar-refractivity contribution in [2.24, 2.45) is 0 Å². The van der Waals surface area contributed by atoms with Crippen molar-refractivity contribution in [1.82, 2.24) is 4.98 Å². The van der Waals surface area contributed by atoms with Gasteiger partial charge in [0, 0.05) is 6.20 Å². The molecule has 2 N–H and O–H groups in total. The van der Waals surface area contributed by atoms with Crippen LogP contribution in [0.15, 0.2) is 24.4 Å². The van der Waals surface area contributed by atoms with Crippen molar-refractivity contribution in [2.45, 2.75) is 6.92 Å². The first-order valence-corrected chi connectivity index (χ1v) is 6.48. The van der Waals surface area contributed by atoms with Gasteiger partial charge in [-0.3, -0.25) is 0 Å². The molecule has 20 heavy (non-hydrogen) atoms. The average molecular weight is 317 g/mol. The molecule has 0 spiro atoms. The molecule has 0 fully saturated rings. The van der Waals surface area contributed by atoms with Crippen molar-refractivity contribution in [3.05, 3.63) is 40.3 Å². The topological polar surface area (TPSA) is 57.4 Å². The summed E-state index contributed by atoms with van der Waals surface area (Å²) in [5.74, 6) is -0.0565. The normalized spacial score (nSPS) is 10.4. The van der Waals surface area contributed by atoms with Crippen molar-refractivity contribution in [1.29, 1.82) is 0 Å². The summed E-state index contributed by atoms with van der Waals surface area (Å²) in [4.78, 5) is 4.03. The van der Waals surface area contributed by atoms with E-state index in [2.05, 4.69) is 4.98 Å². The second kappa shape index (κ2) is 6.15. The number of nitrogens with two attached hydrogens (primary N) is 1. The van der Waals surface area contributed by atoms with E-state index in [0.29, 0.717) is 12.4 Å². The predicted molar refractivity (Wildman–Crippen MR) is 76.3 cm³/mol. The fraction of sp³-hybridized carbons (Fsp3) is 0.154. The molecule has 1 aromatic heterocycles. The maximum atomic E-state index is 13.4. The highest BCUT2D eigenvalue weighted by molar-refractivity contribution is 6.38. The summed E-state index contributed by atoms with van der Waals surface area (Å²) >= 11 is 11.9. The summed E-state index contributed by atoms with van der Waals surface area (Å²) < 4.78 is 24.2. The first-order valence-electron chi connectivity index (χ1n) is 5.73. The Labute approximate surface area is 125 Å². The Kier molecular flexibility index (Phi) is 4.52. The summed E-state index contributed by atoms with van der Waals surface area (Å²) in [6, 6.07) is 4.32. The molecule has 0 atom stereocenters. The quantitative estimate of drug-likeness (QED) is 0.854. The smallest absolute Gasteiger partial charge is 0.257 e. The molecule has 2 rings (SSSR count). The van der Waals surface area contributed by atoms with Gasteiger partial charge in [-0.25, -0.2) is 9.37 Å². The van der Waals surface area contributed by atoms with E-state index >= 15 is 0 Å². The predicted octanol–water partition coefficient (Wildman–Crippen LogP) is 4.30. The first-order chi connectivity index (χ1) is 9.54. The number of ether oxygens (including phenoxy) is 2. The van der Waals surface area contributed by atoms with Crippen LogP contribution >= 0.6 is 23.2 Å². The Morgan fingerprint density at radius 1 is 1.40 bits per heavy atom. The number of nitrogen functional groups attached to an aromatic ring is 1. The van der Waals surface area contributed by atoms with E-state index in [0.717, 1.165) is 6.07 Å². The summed E-state index contributed by atoms with van der Waals surface area (Å²) in [6.07, 6.45) is 1.56. The summed E-state index contributed by atoms with van der Waals surface area (Å²) in [6.45, 7) is 2.23. The number of pyridine rings is 1. The Balaban J connectivity index is 2.43. The molecule has 0 unspecified atom stereocenters. The van der Waals surface area contributed by atoms with E-state index in [9.17, 15) is 4.39 Å². The van der Waals surface area contributed by atoms with E-state index in [1.54, 1.807) is 18.3 Å². The molecule has 0 aliphatic rings. The molecule has 0 bridgehead atoms. The molecule has 7 heteroatoms. The Hall–Kier alpha value is -1.72. The van der Waals surface area contributed by atoms with Crippen molar-refractivity contribution in [3.63, 3.8) is 0 Å². The Morgan fingerprint density at radius 2 is 2.15 bits per heavy atom. The van der Waals surface area contributed by atoms with Gasteiger partial charge < -0.3 is 15.2 Å². The molecule has 0 saturated heterocycles. The van der Waals surface area contributed by atoms with Gasteiger partial charge in [0.15, 0.2) is 11.5 Å². The molecule has 1 heterocycles. The maximum Gasteiger partial charge on any atom is 0.257 e. The van der Waals surface area contributed by atoms with Gasteiger partial charge in [-0.2, -0.15) is 0 Å². The highest BCUT2D eigenvalue weighted by Gasteiger charge is 2.18. The number of anilines is 1. The minimum atomic E-state index is -0.705. The standard InChI is InChI=1S/C13H11Cl2FN2O2/c1-2-19-13-9(4-3-5-18-13)20-12-7(14)6-8(16)11(17)10(12)15/h3-6H,2,17H2,1H3. The van der Waals surface area contributed by atoms with Gasteiger partial charge in [0.05, 0.1) is 17.3 Å². The molecule has 2 aromatic rings. The fourth-order valence-corrected chi connectivity index (χ4v) is 2.00. The van der Waals surface area contributed by atoms with E-state index in [1.807, 2.05) is 6.92 Å². The van der Waals surface area contributed by atoms with Gasteiger partial charge in [-0.15, -0.1) is 0 Å². The van der Waals surface area contributed by atoms with Gasteiger partial charge in [0.1, 0.15) is 10.8 Å². The molecule has 0 aliphatic heterocycles. The van der Waals surface area contributed by atoms with Crippen molar-refractivity contribution in [2.75, 3.05) is 12.3 Å². The lowest BCUT2D eigenvalue weighted by molar-refractivity contribution is 0.308. The van der Waals surface area contributed by atoms with E-state index in [-0.39, 0.29) is 27.4 Å². The minimum Gasteiger partial charge on any atom is -0.475 e. The second-order valence-electron chi connectivity index (χ2n) is 3.74. The van der Waals surface area contributed by atoms with Gasteiger partial charge in [0.25, 0.3) is 5.88 Å². The van der Waals surface area contributed by atoms with Crippen LogP contribution in [-0.4, -0.2) is 11.6 Å². The lowest BCUT2D eigenvalue weighted by Crippen LogP contribution is -1.99. The molecule has 1 aromatic carbocycles. The first kappa shape index (κ1) is 14.7. The molecule has 4 nitrogen and oxygen atoms in total. The van der Waals surface area contributed by atoms with Crippen LogP contribution in [0, 0.1) is 5.82 Å². The number of halogens is 3. The van der Waals surface area contributed by atoms with E-state index < -0.39 is 5.82 Å². The minimum absolute atomic E-state index is 0.00741. The van der Waals surface area contributed by atoms with Gasteiger partial charge in [0.2, 0.25) is 0 Å². The Morgan fingerprint density at radius 3 is 2.85 bits per heavy atom. The van der Waals surface area contributed by atoms with Crippen molar-refractivity contribution < 1.29 is 13.9 Å². The number of benzene rings is 1. The van der Waals surface area contributed by atoms with Gasteiger partial charge in [-0.05, 0) is 25.1 Å². The molecule has 0 radical (unpaired) electrons. The molecule has 106 valence electrons. The Bertz CT molecular complexity index is 638.